The Hall–Kier alpha value is -1.63. The van der Waals surface area contributed by atoms with E-state index in [1.807, 2.05) is 12.1 Å². The summed E-state index contributed by atoms with van der Waals surface area (Å²) in [4.78, 5) is 19.8. The van der Waals surface area contributed by atoms with Gasteiger partial charge in [-0.1, -0.05) is 22.9 Å². The summed E-state index contributed by atoms with van der Waals surface area (Å²) in [5.41, 5.74) is 0. The Kier molecular flexibility index (Phi) is 4.67. The van der Waals surface area contributed by atoms with E-state index < -0.39 is 0 Å². The molecule has 5 nitrogen and oxygen atoms in total. The molecule has 3 aliphatic heterocycles. The van der Waals surface area contributed by atoms with Crippen LogP contribution in [-0.4, -0.2) is 41.0 Å². The summed E-state index contributed by atoms with van der Waals surface area (Å²) in [6.45, 7) is 4.53. The van der Waals surface area contributed by atoms with Gasteiger partial charge in [-0.25, -0.2) is 4.98 Å². The van der Waals surface area contributed by atoms with E-state index in [4.69, 9.17) is 16.3 Å². The molecule has 3 saturated heterocycles. The van der Waals surface area contributed by atoms with Crippen molar-refractivity contribution in [2.24, 2.45) is 5.92 Å². The molecule has 7 heteroatoms. The van der Waals surface area contributed by atoms with Crippen LogP contribution in [0.2, 0.25) is 5.15 Å². The van der Waals surface area contributed by atoms with Gasteiger partial charge < -0.3 is 10.1 Å². The molecule has 132 valence electrons. The molecule has 1 N–H and O–H groups in total. The number of carbonyl (C=O) groups is 1. The van der Waals surface area contributed by atoms with Gasteiger partial charge in [0.2, 0.25) is 0 Å². The van der Waals surface area contributed by atoms with Crippen LogP contribution < -0.4 is 10.1 Å². The highest BCUT2D eigenvalue weighted by Crippen LogP contribution is 2.33. The van der Waals surface area contributed by atoms with Gasteiger partial charge in [0.25, 0.3) is 5.91 Å². The number of piperidine rings is 3. The number of hydrogen-bond acceptors (Lipinski definition) is 5. The molecule has 0 spiro atoms. The maximum absolute atomic E-state index is 12.6. The van der Waals surface area contributed by atoms with E-state index in [0.717, 1.165) is 13.1 Å². The maximum Gasteiger partial charge on any atom is 0.261 e. The lowest BCUT2D eigenvalue weighted by Gasteiger charge is -2.49. The van der Waals surface area contributed by atoms with E-state index in [1.165, 1.54) is 24.2 Å². The van der Waals surface area contributed by atoms with E-state index in [2.05, 4.69) is 22.1 Å². The van der Waals surface area contributed by atoms with Crippen molar-refractivity contribution in [3.8, 4) is 10.8 Å². The fourth-order valence-electron chi connectivity index (χ4n) is 3.80. The molecule has 3 aliphatic rings. The van der Waals surface area contributed by atoms with Crippen molar-refractivity contribution >= 4 is 28.8 Å². The van der Waals surface area contributed by atoms with E-state index in [1.54, 1.807) is 18.3 Å². The van der Waals surface area contributed by atoms with Crippen LogP contribution in [0.3, 0.4) is 0 Å². The lowest BCUT2D eigenvalue weighted by atomic mass is 9.79. The van der Waals surface area contributed by atoms with Crippen LogP contribution in [0.15, 0.2) is 30.5 Å². The summed E-state index contributed by atoms with van der Waals surface area (Å²) in [5.74, 6) is 1.18. The SMILES string of the molecule is CC1C(NC(=O)c2ccc(Oc3ccc(Cl)nc3)s2)C2CCN1CC2. The molecular formula is C18H20ClN3O2S. The number of nitrogens with one attached hydrogen (secondary N) is 1. The maximum atomic E-state index is 12.6. The van der Waals surface area contributed by atoms with Gasteiger partial charge in [-0.3, -0.25) is 9.69 Å². The van der Waals surface area contributed by atoms with Crippen molar-refractivity contribution in [1.29, 1.82) is 0 Å². The molecule has 2 unspecified atom stereocenters. The average molecular weight is 378 g/mol. The lowest BCUT2D eigenvalue weighted by molar-refractivity contribution is 0.0218. The Balaban J connectivity index is 1.41. The molecule has 5 rings (SSSR count). The topological polar surface area (TPSA) is 54.5 Å². The second-order valence-corrected chi connectivity index (χ2v) is 8.08. The standard InChI is InChI=1S/C18H20ClN3O2S/c1-11-17(12-6-8-22(11)9-7-12)21-18(23)14-3-5-16(25-14)24-13-2-4-15(19)20-10-13/h2-5,10-12,17H,6-9H2,1H3,(H,21,23). The molecule has 2 aromatic heterocycles. The van der Waals surface area contributed by atoms with Crippen LogP contribution in [0.25, 0.3) is 0 Å². The minimum absolute atomic E-state index is 0.0142. The molecule has 0 saturated carbocycles. The highest BCUT2D eigenvalue weighted by Gasteiger charge is 2.40. The number of ether oxygens (including phenoxy) is 1. The fraction of sp³-hybridized carbons (Fsp3) is 0.444. The molecule has 25 heavy (non-hydrogen) atoms. The second kappa shape index (κ2) is 6.94. The summed E-state index contributed by atoms with van der Waals surface area (Å²) < 4.78 is 5.73. The summed E-state index contributed by atoms with van der Waals surface area (Å²) in [7, 11) is 0. The van der Waals surface area contributed by atoms with Gasteiger partial charge in [0.1, 0.15) is 10.9 Å². The molecule has 0 aromatic carbocycles. The Labute approximate surface area is 156 Å². The molecular weight excluding hydrogens is 358 g/mol. The van der Waals surface area contributed by atoms with E-state index in [0.29, 0.717) is 32.8 Å². The Morgan fingerprint density at radius 2 is 2.12 bits per heavy atom. The van der Waals surface area contributed by atoms with Gasteiger partial charge >= 0.3 is 0 Å². The van der Waals surface area contributed by atoms with Gasteiger partial charge in [0.05, 0.1) is 11.1 Å². The number of nitrogens with zero attached hydrogens (tertiary/aromatic N) is 2. The predicted molar refractivity (Wildman–Crippen MR) is 98.7 cm³/mol. The first-order valence-electron chi connectivity index (χ1n) is 8.54. The Morgan fingerprint density at radius 3 is 2.80 bits per heavy atom. The van der Waals surface area contributed by atoms with Crippen LogP contribution in [0.4, 0.5) is 0 Å². The summed E-state index contributed by atoms with van der Waals surface area (Å²) in [5, 5.41) is 4.33. The van der Waals surface area contributed by atoms with Crippen molar-refractivity contribution in [2.45, 2.75) is 31.8 Å². The first-order chi connectivity index (χ1) is 12.1. The summed E-state index contributed by atoms with van der Waals surface area (Å²) in [6.07, 6.45) is 3.92. The molecule has 3 fully saturated rings. The van der Waals surface area contributed by atoms with Crippen molar-refractivity contribution in [2.75, 3.05) is 13.1 Å². The quantitative estimate of drug-likeness (QED) is 0.823. The third kappa shape index (κ3) is 3.52. The monoisotopic (exact) mass is 377 g/mol. The second-order valence-electron chi connectivity index (χ2n) is 6.65. The number of thiophene rings is 1. The van der Waals surface area contributed by atoms with E-state index >= 15 is 0 Å². The van der Waals surface area contributed by atoms with Gasteiger partial charge in [-0.15, -0.1) is 0 Å². The number of hydrogen-bond donors (Lipinski definition) is 1. The van der Waals surface area contributed by atoms with Crippen LogP contribution in [0.5, 0.6) is 10.8 Å². The third-order valence-electron chi connectivity index (χ3n) is 5.20. The molecule has 0 radical (unpaired) electrons. The third-order valence-corrected chi connectivity index (χ3v) is 6.38. The van der Waals surface area contributed by atoms with Crippen molar-refractivity contribution < 1.29 is 9.53 Å². The van der Waals surface area contributed by atoms with Crippen LogP contribution in [0, 0.1) is 5.92 Å². The smallest absolute Gasteiger partial charge is 0.261 e. The largest absolute Gasteiger partial charge is 0.445 e. The van der Waals surface area contributed by atoms with Crippen molar-refractivity contribution in [3.63, 3.8) is 0 Å². The molecule has 0 aliphatic carbocycles. The van der Waals surface area contributed by atoms with E-state index in [9.17, 15) is 4.79 Å². The summed E-state index contributed by atoms with van der Waals surface area (Å²) >= 11 is 7.11. The minimum atomic E-state index is -0.0142. The van der Waals surface area contributed by atoms with Gasteiger partial charge in [-0.05, 0) is 63.0 Å². The normalized spacial score (nSPS) is 27.9. The fourth-order valence-corrected chi connectivity index (χ4v) is 4.69. The summed E-state index contributed by atoms with van der Waals surface area (Å²) in [6, 6.07) is 7.70. The van der Waals surface area contributed by atoms with Crippen molar-refractivity contribution in [1.82, 2.24) is 15.2 Å². The minimum Gasteiger partial charge on any atom is -0.445 e. The Bertz CT molecular complexity index is 754. The number of carbonyl (C=O) groups excluding carboxylic acids is 1. The molecule has 2 atom stereocenters. The molecule has 2 bridgehead atoms. The van der Waals surface area contributed by atoms with Crippen LogP contribution >= 0.6 is 22.9 Å². The zero-order valence-corrected chi connectivity index (χ0v) is 15.5. The zero-order chi connectivity index (χ0) is 17.4. The predicted octanol–water partition coefficient (Wildman–Crippen LogP) is 3.80. The molecule has 1 amide bonds. The highest BCUT2D eigenvalue weighted by molar-refractivity contribution is 7.15. The number of rotatable bonds is 4. The van der Waals surface area contributed by atoms with Crippen molar-refractivity contribution in [3.05, 3.63) is 40.5 Å². The number of amides is 1. The number of halogens is 1. The highest BCUT2D eigenvalue weighted by atomic mass is 35.5. The molecule has 5 heterocycles. The first kappa shape index (κ1) is 16.8. The zero-order valence-electron chi connectivity index (χ0n) is 13.9. The van der Waals surface area contributed by atoms with E-state index in [-0.39, 0.29) is 11.9 Å². The number of fused-ring (bicyclic) bond motifs is 3. The Morgan fingerprint density at radius 1 is 1.32 bits per heavy atom. The lowest BCUT2D eigenvalue weighted by Crippen LogP contribution is -2.62. The number of pyridine rings is 1. The van der Waals surface area contributed by atoms with Gasteiger partial charge in [0.15, 0.2) is 5.06 Å². The van der Waals surface area contributed by atoms with Gasteiger partial charge in [0, 0.05) is 12.1 Å². The first-order valence-corrected chi connectivity index (χ1v) is 9.74. The molecule has 2 aromatic rings. The van der Waals surface area contributed by atoms with Crippen LogP contribution in [0.1, 0.15) is 29.4 Å². The van der Waals surface area contributed by atoms with Gasteiger partial charge in [-0.2, -0.15) is 0 Å². The average Bonchev–Trinajstić information content (AvgIpc) is 3.09. The number of aromatic nitrogens is 1. The van der Waals surface area contributed by atoms with Crippen LogP contribution in [-0.2, 0) is 0 Å².